The first kappa shape index (κ1) is 28.1. The normalized spacial score (nSPS) is 14.5. The smallest absolute Gasteiger partial charge is 0.0620 e. The van der Waals surface area contributed by atoms with E-state index in [0.29, 0.717) is 42.1 Å². The van der Waals surface area contributed by atoms with Crippen molar-refractivity contribution in [3.63, 3.8) is 0 Å². The molecule has 5 rings (SSSR count). The summed E-state index contributed by atoms with van der Waals surface area (Å²) in [5.41, 5.74) is 3.63. The molecule has 0 saturated carbocycles. The van der Waals surface area contributed by atoms with Crippen molar-refractivity contribution >= 4 is 27.4 Å². The Labute approximate surface area is 247 Å². The van der Waals surface area contributed by atoms with E-state index in [1.807, 2.05) is 30.3 Å². The second-order valence-electron chi connectivity index (χ2n) is 9.54. The zero-order valence-electron chi connectivity index (χ0n) is 21.9. The number of benzene rings is 3. The summed E-state index contributed by atoms with van der Waals surface area (Å²) < 4.78 is 8.52. The first-order valence-electron chi connectivity index (χ1n) is 13.0. The molecule has 0 radical (unpaired) electrons. The molecule has 0 spiro atoms. The van der Waals surface area contributed by atoms with E-state index in [9.17, 15) is 24.3 Å². The number of amides is 3. The van der Waals surface area contributed by atoms with Gasteiger partial charge in [0.15, 0.2) is 0 Å². The Morgan fingerprint density at radius 2 is 1.71 bits per heavy atom. The fraction of sp³-hybridized carbons (Fsp3) is 0.161. The zero-order chi connectivity index (χ0) is 28.8. The van der Waals surface area contributed by atoms with Crippen LogP contribution in [0.1, 0.15) is 50.8 Å². The average molecular weight is 664 g/mol. The summed E-state index contributed by atoms with van der Waals surface area (Å²) in [4.78, 5) is 51.2. The molecule has 1 aliphatic rings. The van der Waals surface area contributed by atoms with Crippen LogP contribution in [-0.4, -0.2) is 38.2 Å². The number of furan rings is 1. The Kier molecular flexibility index (Phi) is 8.78. The molecule has 1 aromatic heterocycles. The van der Waals surface area contributed by atoms with Crippen LogP contribution >= 0.6 is 0 Å². The topological polar surface area (TPSA) is 129 Å². The number of urea groups is 1. The third kappa shape index (κ3) is 7.01. The molecule has 4 aromatic rings. The monoisotopic (exact) mass is 664 g/mol. The molecule has 210 valence electrons. The number of hydrogen-bond acceptors (Lipinski definition) is 5. The summed E-state index contributed by atoms with van der Waals surface area (Å²) in [5, 5.41) is 12.1. The molecule has 1 aliphatic heterocycles. The maximum absolute atomic E-state index is 13.4. The quantitative estimate of drug-likeness (QED) is 0.151. The van der Waals surface area contributed by atoms with Gasteiger partial charge in [0.2, 0.25) is 0 Å². The molecule has 3 N–H and O–H groups in total. The second-order valence-corrected chi connectivity index (χ2v) is 11.6. The van der Waals surface area contributed by atoms with Crippen molar-refractivity contribution in [1.82, 2.24) is 8.43 Å². The number of anilines is 1. The summed E-state index contributed by atoms with van der Waals surface area (Å²) in [5.74, 6) is -0.670. The van der Waals surface area contributed by atoms with Crippen molar-refractivity contribution in [2.75, 3.05) is 11.9 Å². The van der Waals surface area contributed by atoms with Crippen LogP contribution in [0.2, 0.25) is 0 Å². The van der Waals surface area contributed by atoms with Crippen molar-refractivity contribution in [2.45, 2.75) is 25.3 Å². The number of carbonyl (C=O) groups excluding carboxylic acids is 3. The maximum atomic E-state index is 13.4. The molecule has 0 aliphatic carbocycles. The van der Waals surface area contributed by atoms with Gasteiger partial charge in [0.1, 0.15) is 0 Å². The van der Waals surface area contributed by atoms with Crippen molar-refractivity contribution in [1.29, 1.82) is 0 Å². The van der Waals surface area contributed by atoms with Crippen LogP contribution in [0.4, 0.5) is 10.5 Å². The van der Waals surface area contributed by atoms with Crippen LogP contribution in [0.25, 0.3) is 11.3 Å². The third-order valence-corrected chi connectivity index (χ3v) is 8.63. The summed E-state index contributed by atoms with van der Waals surface area (Å²) in [6, 6.07) is 26.3. The molecular formula is C31H27IN3O6-. The van der Waals surface area contributed by atoms with E-state index in [-0.39, 0.29) is 27.8 Å². The van der Waals surface area contributed by atoms with Gasteiger partial charge in [-0.15, -0.1) is 0 Å². The molecule has 1 atom stereocenters. The molecule has 9 nitrogen and oxygen atoms in total. The molecule has 2 heterocycles. The van der Waals surface area contributed by atoms with Gasteiger partial charge in [-0.05, 0) is 23.5 Å². The number of nitrogens with zero attached hydrogens (tertiary/aromatic N) is 1. The molecule has 3 amide bonds. The van der Waals surface area contributed by atoms with E-state index < -0.39 is 33.5 Å². The number of fused-ring (bicyclic) bond motifs is 1. The summed E-state index contributed by atoms with van der Waals surface area (Å²) >= 11 is -1.24. The van der Waals surface area contributed by atoms with Gasteiger partial charge in [0, 0.05) is 0 Å². The molecule has 0 bridgehead atoms. The molecule has 3 aromatic carbocycles. The number of hydrogen-bond donors (Lipinski definition) is 3. The Morgan fingerprint density at radius 1 is 0.927 bits per heavy atom. The third-order valence-electron chi connectivity index (χ3n) is 6.75. The van der Waals surface area contributed by atoms with E-state index >= 15 is 0 Å². The van der Waals surface area contributed by atoms with Crippen LogP contribution < -0.4 is 30.3 Å². The number of carbonyl (C=O) groups is 4. The fourth-order valence-corrected chi connectivity index (χ4v) is 6.10. The standard InChI is InChI=1S/C31H27IN3O6/c36-28(37)18-21-15-16-35(19-23-9-4-5-12-25(21)23)30(39)27-14-13-26(41-27)22-10-6-11-24(17-22)33-31(40)34-32-29(38)20-7-2-1-3-8-20/h1-14,17,21H,15-16,18-19H2,(H,36,37)(H2,33,34,40)/q-1. The predicted octanol–water partition coefficient (Wildman–Crippen LogP) is 2.52. The summed E-state index contributed by atoms with van der Waals surface area (Å²) in [6.07, 6.45) is 0.551. The Bertz CT molecular complexity index is 1590. The van der Waals surface area contributed by atoms with Crippen LogP contribution in [0.5, 0.6) is 0 Å². The minimum absolute atomic E-state index is 0.0113. The van der Waals surface area contributed by atoms with Crippen molar-refractivity contribution in [3.8, 4) is 11.3 Å². The number of aliphatic carboxylic acids is 1. The van der Waals surface area contributed by atoms with Crippen molar-refractivity contribution < 1.29 is 50.2 Å². The first-order valence-corrected chi connectivity index (χ1v) is 15.1. The van der Waals surface area contributed by atoms with E-state index in [1.54, 1.807) is 65.6 Å². The van der Waals surface area contributed by atoms with Gasteiger partial charge in [0.25, 0.3) is 0 Å². The summed E-state index contributed by atoms with van der Waals surface area (Å²) in [6.45, 7) is 0.774. The molecule has 0 fully saturated rings. The van der Waals surface area contributed by atoms with Crippen LogP contribution in [0, 0.1) is 0 Å². The fourth-order valence-electron chi connectivity index (χ4n) is 4.80. The number of halogens is 1. The van der Waals surface area contributed by atoms with E-state index in [1.165, 1.54) is 0 Å². The van der Waals surface area contributed by atoms with Crippen LogP contribution in [-0.2, 0) is 11.3 Å². The van der Waals surface area contributed by atoms with Gasteiger partial charge in [-0.25, -0.2) is 0 Å². The first-order chi connectivity index (χ1) is 19.9. The Morgan fingerprint density at radius 3 is 2.51 bits per heavy atom. The van der Waals surface area contributed by atoms with Gasteiger partial charge in [-0.3, -0.25) is 4.79 Å². The Balaban J connectivity index is 1.23. The van der Waals surface area contributed by atoms with Gasteiger partial charge in [-0.2, -0.15) is 0 Å². The number of carboxylic acids is 1. The van der Waals surface area contributed by atoms with Gasteiger partial charge in [0.05, 0.1) is 6.42 Å². The van der Waals surface area contributed by atoms with Gasteiger partial charge in [-0.1, -0.05) is 24.3 Å². The Hall–Kier alpha value is -4.45. The van der Waals surface area contributed by atoms with E-state index in [0.717, 1.165) is 11.1 Å². The van der Waals surface area contributed by atoms with Gasteiger partial charge < -0.3 is 5.11 Å². The number of carboxylic acid groups (broad SMARTS) is 1. The number of nitrogens with one attached hydrogen (secondary N) is 2. The van der Waals surface area contributed by atoms with Crippen molar-refractivity contribution in [3.05, 3.63) is 113 Å². The molecule has 41 heavy (non-hydrogen) atoms. The average Bonchev–Trinajstić information content (AvgIpc) is 3.41. The van der Waals surface area contributed by atoms with Crippen LogP contribution in [0.3, 0.4) is 0 Å². The molecule has 10 heteroatoms. The second kappa shape index (κ2) is 12.8. The predicted molar refractivity (Wildman–Crippen MR) is 148 cm³/mol. The minimum Gasteiger partial charge on any atom is -0.0620 e. The van der Waals surface area contributed by atoms with E-state index in [4.69, 9.17) is 4.42 Å². The number of rotatable bonds is 8. The minimum atomic E-state index is -1.24. The molecule has 0 saturated heterocycles. The van der Waals surface area contributed by atoms with Crippen LogP contribution in [0.15, 0.2) is 95.4 Å². The van der Waals surface area contributed by atoms with Gasteiger partial charge >= 0.3 is 184 Å². The SMILES string of the molecule is O=C(O)CC1CCN(C(=O)c2ccc(-c3cccc(NC(=O)N[I-]C(=O)c4ccccc4)c3)o2)Cc2ccccc21. The van der Waals surface area contributed by atoms with E-state index in [2.05, 4.69) is 8.85 Å². The molecular weight excluding hydrogens is 637 g/mol. The van der Waals surface area contributed by atoms with Crippen molar-refractivity contribution in [2.24, 2.45) is 0 Å². The summed E-state index contributed by atoms with van der Waals surface area (Å²) in [7, 11) is 0. The zero-order valence-corrected chi connectivity index (χ0v) is 24.0. The molecule has 1 unspecified atom stereocenters.